The monoisotopic (exact) mass is 85.1 g/mol. The Labute approximate surface area is 37.0 Å². The molecule has 0 aliphatic carbocycles. The van der Waals surface area contributed by atoms with Gasteiger partial charge in [0.05, 0.1) is 0 Å². The SMILES string of the molecule is C=CC[N+](=C)[O-]. The van der Waals surface area contributed by atoms with Crippen molar-refractivity contribution in [2.24, 2.45) is 0 Å². The summed E-state index contributed by atoms with van der Waals surface area (Å²) in [5.74, 6) is 0. The van der Waals surface area contributed by atoms with Gasteiger partial charge in [-0.15, -0.1) is 0 Å². The maximum atomic E-state index is 9.78. The molecule has 2 nitrogen and oxygen atoms in total. The topological polar surface area (TPSA) is 26.1 Å². The number of hydrogen-bond donors (Lipinski definition) is 0. The van der Waals surface area contributed by atoms with Crippen LogP contribution in [0.25, 0.3) is 0 Å². The smallest absolute Gasteiger partial charge is 0.171 e. The molecule has 0 N–H and O–H groups in total. The van der Waals surface area contributed by atoms with Gasteiger partial charge in [-0.1, -0.05) is 6.58 Å². The summed E-state index contributed by atoms with van der Waals surface area (Å²) >= 11 is 0. The van der Waals surface area contributed by atoms with Crippen molar-refractivity contribution in [3.63, 3.8) is 0 Å². The summed E-state index contributed by atoms with van der Waals surface area (Å²) in [4.78, 5) is 0. The Morgan fingerprint density at radius 2 is 2.33 bits per heavy atom. The lowest BCUT2D eigenvalue weighted by atomic mass is 10.6. The Kier molecular flexibility index (Phi) is 2.13. The summed E-state index contributed by atoms with van der Waals surface area (Å²) in [5.41, 5.74) is 0. The molecule has 34 valence electrons. The van der Waals surface area contributed by atoms with Crippen LogP contribution < -0.4 is 0 Å². The van der Waals surface area contributed by atoms with E-state index in [1.165, 1.54) is 6.08 Å². The Bertz CT molecular complexity index is 67.9. The standard InChI is InChI=1S/C4H7NO/c1-3-4-5(2)6/h3H,1-2,4H2. The van der Waals surface area contributed by atoms with Gasteiger partial charge in [0.15, 0.2) is 6.54 Å². The highest BCUT2D eigenvalue weighted by Crippen LogP contribution is 1.62. The second kappa shape index (κ2) is 2.45. The minimum absolute atomic E-state index is 0.306. The van der Waals surface area contributed by atoms with Crippen LogP contribution in [0.5, 0.6) is 0 Å². The average Bonchev–Trinajstić information content (AvgIpc) is 1.35. The zero-order chi connectivity index (χ0) is 4.99. The lowest BCUT2D eigenvalue weighted by molar-refractivity contribution is -0.436. The lowest BCUT2D eigenvalue weighted by Gasteiger charge is -1.91. The van der Waals surface area contributed by atoms with Crippen LogP contribution in [0.3, 0.4) is 0 Å². The minimum atomic E-state index is 0.306. The summed E-state index contributed by atoms with van der Waals surface area (Å²) in [6, 6.07) is 0. The molecule has 6 heavy (non-hydrogen) atoms. The van der Waals surface area contributed by atoms with Gasteiger partial charge in [-0.05, 0) is 6.08 Å². The van der Waals surface area contributed by atoms with Crippen LogP contribution in [0.1, 0.15) is 0 Å². The molecule has 0 aliphatic heterocycles. The van der Waals surface area contributed by atoms with Gasteiger partial charge in [-0.2, -0.15) is 0 Å². The van der Waals surface area contributed by atoms with Gasteiger partial charge in [0.1, 0.15) is 6.72 Å². The molecule has 0 aromatic carbocycles. The quantitative estimate of drug-likeness (QED) is 0.156. The summed E-state index contributed by atoms with van der Waals surface area (Å²) in [6.07, 6.45) is 1.50. The molecule has 0 atom stereocenters. The molecule has 0 rings (SSSR count). The molecule has 0 saturated carbocycles. The third-order valence-electron chi connectivity index (χ3n) is 0.333. The molecule has 0 aromatic heterocycles. The van der Waals surface area contributed by atoms with Gasteiger partial charge in [-0.25, -0.2) is 4.74 Å². The van der Waals surface area contributed by atoms with Crippen LogP contribution in [0.2, 0.25) is 0 Å². The van der Waals surface area contributed by atoms with E-state index in [4.69, 9.17) is 0 Å². The lowest BCUT2D eigenvalue weighted by Crippen LogP contribution is -1.96. The highest BCUT2D eigenvalue weighted by atomic mass is 16.5. The third kappa shape index (κ3) is 3.21. The van der Waals surface area contributed by atoms with Crippen molar-refractivity contribution in [3.05, 3.63) is 17.9 Å². The van der Waals surface area contributed by atoms with Gasteiger partial charge < -0.3 is 5.21 Å². The maximum absolute atomic E-state index is 9.78. The first-order valence-electron chi connectivity index (χ1n) is 1.63. The Hall–Kier alpha value is -0.790. The van der Waals surface area contributed by atoms with E-state index in [2.05, 4.69) is 13.3 Å². The minimum Gasteiger partial charge on any atom is -0.624 e. The fourth-order valence-electron chi connectivity index (χ4n) is 0.144. The van der Waals surface area contributed by atoms with Crippen LogP contribution >= 0.6 is 0 Å². The van der Waals surface area contributed by atoms with Gasteiger partial charge in [0.25, 0.3) is 0 Å². The van der Waals surface area contributed by atoms with Gasteiger partial charge in [0.2, 0.25) is 0 Å². The zero-order valence-corrected chi connectivity index (χ0v) is 3.55. The van der Waals surface area contributed by atoms with E-state index in [0.717, 1.165) is 0 Å². The van der Waals surface area contributed by atoms with Crippen LogP contribution in [0.15, 0.2) is 12.7 Å². The second-order valence-corrected chi connectivity index (χ2v) is 0.953. The van der Waals surface area contributed by atoms with Crippen molar-refractivity contribution in [3.8, 4) is 0 Å². The molecule has 0 amide bonds. The van der Waals surface area contributed by atoms with E-state index in [1.54, 1.807) is 0 Å². The maximum Gasteiger partial charge on any atom is 0.171 e. The molecule has 0 unspecified atom stereocenters. The number of hydrogen-bond acceptors (Lipinski definition) is 1. The van der Waals surface area contributed by atoms with E-state index in [9.17, 15) is 5.21 Å². The highest BCUT2D eigenvalue weighted by Gasteiger charge is 1.71. The first-order valence-corrected chi connectivity index (χ1v) is 1.63. The van der Waals surface area contributed by atoms with Crippen LogP contribution in [0.4, 0.5) is 0 Å². The van der Waals surface area contributed by atoms with E-state index in [0.29, 0.717) is 11.3 Å². The largest absolute Gasteiger partial charge is 0.624 e. The molecular weight excluding hydrogens is 78.0 g/mol. The summed E-state index contributed by atoms with van der Waals surface area (Å²) < 4.78 is 0.562. The average molecular weight is 85.1 g/mol. The van der Waals surface area contributed by atoms with E-state index < -0.39 is 0 Å². The van der Waals surface area contributed by atoms with E-state index >= 15 is 0 Å². The van der Waals surface area contributed by atoms with Crippen molar-refractivity contribution in [1.29, 1.82) is 0 Å². The van der Waals surface area contributed by atoms with Crippen LogP contribution in [-0.4, -0.2) is 18.0 Å². The van der Waals surface area contributed by atoms with Crippen LogP contribution in [-0.2, 0) is 0 Å². The zero-order valence-electron chi connectivity index (χ0n) is 3.55. The predicted octanol–water partition coefficient (Wildman–Crippen LogP) is 0.383. The second-order valence-electron chi connectivity index (χ2n) is 0.953. The van der Waals surface area contributed by atoms with Crippen molar-refractivity contribution in [1.82, 2.24) is 0 Å². The normalized spacial score (nSPS) is 7.33. The summed E-state index contributed by atoms with van der Waals surface area (Å²) in [7, 11) is 0. The molecule has 0 radical (unpaired) electrons. The van der Waals surface area contributed by atoms with Gasteiger partial charge in [-0.3, -0.25) is 0 Å². The Morgan fingerprint density at radius 3 is 2.33 bits per heavy atom. The molecule has 0 fully saturated rings. The summed E-state index contributed by atoms with van der Waals surface area (Å²) in [5, 5.41) is 9.78. The highest BCUT2D eigenvalue weighted by molar-refractivity contribution is 5.14. The van der Waals surface area contributed by atoms with Crippen molar-refractivity contribution < 1.29 is 4.74 Å². The van der Waals surface area contributed by atoms with E-state index in [-0.39, 0.29) is 0 Å². The molecule has 0 saturated heterocycles. The first kappa shape index (κ1) is 5.21. The third-order valence-corrected chi connectivity index (χ3v) is 0.333. The van der Waals surface area contributed by atoms with Gasteiger partial charge in [0, 0.05) is 0 Å². The Morgan fingerprint density at radius 1 is 1.83 bits per heavy atom. The number of rotatable bonds is 2. The summed E-state index contributed by atoms with van der Waals surface area (Å²) in [6.45, 7) is 6.66. The molecule has 0 aromatic rings. The molecule has 0 heterocycles. The molecule has 0 spiro atoms. The first-order chi connectivity index (χ1) is 2.77. The number of nitrogens with zero attached hydrogens (tertiary/aromatic N) is 1. The van der Waals surface area contributed by atoms with Crippen molar-refractivity contribution in [2.45, 2.75) is 0 Å². The van der Waals surface area contributed by atoms with Gasteiger partial charge >= 0.3 is 0 Å². The van der Waals surface area contributed by atoms with Crippen molar-refractivity contribution in [2.75, 3.05) is 6.54 Å². The van der Waals surface area contributed by atoms with E-state index in [1.807, 2.05) is 0 Å². The van der Waals surface area contributed by atoms with Crippen molar-refractivity contribution >= 4 is 6.72 Å². The predicted molar refractivity (Wildman–Crippen MR) is 25.8 cm³/mol. The molecular formula is C4H7NO. The number of hydroxylamine groups is 1. The fraction of sp³-hybridized carbons (Fsp3) is 0.250. The molecule has 0 bridgehead atoms. The van der Waals surface area contributed by atoms with Crippen LogP contribution in [0, 0.1) is 5.21 Å². The Balaban J connectivity index is 3.05. The molecule has 2 heteroatoms. The fourth-order valence-corrected chi connectivity index (χ4v) is 0.144. The molecule has 0 aliphatic rings.